The van der Waals surface area contributed by atoms with Crippen LogP contribution in [-0.4, -0.2) is 52.1 Å². The van der Waals surface area contributed by atoms with E-state index in [2.05, 4.69) is 6.58 Å². The third-order valence-electron chi connectivity index (χ3n) is 3.44. The van der Waals surface area contributed by atoms with Gasteiger partial charge in [-0.1, -0.05) is 12.5 Å². The third kappa shape index (κ3) is 4.85. The zero-order valence-electron chi connectivity index (χ0n) is 11.7. The summed E-state index contributed by atoms with van der Waals surface area (Å²) in [6.45, 7) is 7.22. The molecule has 19 heavy (non-hydrogen) atoms. The topological polar surface area (TPSA) is 79.2 Å². The first-order chi connectivity index (χ1) is 8.97. The number of rotatable bonds is 7. The molecule has 0 amide bonds. The molecule has 5 heteroatoms. The van der Waals surface area contributed by atoms with Crippen LogP contribution in [0, 0.1) is 0 Å². The van der Waals surface area contributed by atoms with E-state index in [1.165, 1.54) is 0 Å². The van der Waals surface area contributed by atoms with Crippen LogP contribution in [0.15, 0.2) is 12.7 Å². The van der Waals surface area contributed by atoms with Crippen molar-refractivity contribution >= 4 is 0 Å². The van der Waals surface area contributed by atoms with Crippen LogP contribution < -0.4 is 0 Å². The van der Waals surface area contributed by atoms with E-state index >= 15 is 0 Å². The van der Waals surface area contributed by atoms with Gasteiger partial charge >= 0.3 is 0 Å². The van der Waals surface area contributed by atoms with E-state index in [9.17, 15) is 15.3 Å². The summed E-state index contributed by atoms with van der Waals surface area (Å²) in [4.78, 5) is 0. The minimum Gasteiger partial charge on any atom is -0.388 e. The number of unbranched alkanes of at least 4 members (excludes halogenated alkanes) is 2. The Morgan fingerprint density at radius 2 is 1.89 bits per heavy atom. The summed E-state index contributed by atoms with van der Waals surface area (Å²) in [6.07, 6.45) is 0.739. The van der Waals surface area contributed by atoms with Gasteiger partial charge in [-0.15, -0.1) is 6.58 Å². The third-order valence-corrected chi connectivity index (χ3v) is 3.44. The molecule has 0 bridgehead atoms. The Bertz CT molecular complexity index is 271. The fourth-order valence-corrected chi connectivity index (χ4v) is 2.14. The quantitative estimate of drug-likeness (QED) is 0.476. The summed E-state index contributed by atoms with van der Waals surface area (Å²) < 4.78 is 11.0. The second kappa shape index (κ2) is 7.97. The molecule has 0 aromatic rings. The lowest BCUT2D eigenvalue weighted by atomic mass is 10.00. The highest BCUT2D eigenvalue weighted by atomic mass is 16.7. The van der Waals surface area contributed by atoms with Gasteiger partial charge in [0.1, 0.15) is 18.3 Å². The normalized spacial score (nSPS) is 37.0. The second-order valence-corrected chi connectivity index (χ2v) is 5.20. The summed E-state index contributed by atoms with van der Waals surface area (Å²) in [7, 11) is 0. The van der Waals surface area contributed by atoms with Crippen molar-refractivity contribution in [3.8, 4) is 0 Å². The van der Waals surface area contributed by atoms with Gasteiger partial charge in [0.25, 0.3) is 0 Å². The zero-order chi connectivity index (χ0) is 14.4. The molecule has 0 saturated carbocycles. The molecule has 0 aromatic carbocycles. The van der Waals surface area contributed by atoms with Crippen molar-refractivity contribution in [3.05, 3.63) is 12.7 Å². The number of aliphatic hydroxyl groups excluding tert-OH is 3. The molecule has 0 radical (unpaired) electrons. The van der Waals surface area contributed by atoms with Gasteiger partial charge in [-0.2, -0.15) is 0 Å². The van der Waals surface area contributed by atoms with E-state index in [0.29, 0.717) is 0 Å². The lowest BCUT2D eigenvalue weighted by molar-refractivity contribution is -0.302. The first kappa shape index (κ1) is 16.6. The molecule has 0 spiro atoms. The first-order valence-corrected chi connectivity index (χ1v) is 6.93. The van der Waals surface area contributed by atoms with Gasteiger partial charge in [0, 0.05) is 0 Å². The molecule has 1 aliphatic rings. The first-order valence-electron chi connectivity index (χ1n) is 6.93. The average Bonchev–Trinajstić information content (AvgIpc) is 2.38. The van der Waals surface area contributed by atoms with E-state index in [1.807, 2.05) is 13.0 Å². The highest BCUT2D eigenvalue weighted by Crippen LogP contribution is 2.23. The van der Waals surface area contributed by atoms with Crippen LogP contribution in [0.3, 0.4) is 0 Å². The van der Waals surface area contributed by atoms with E-state index < -0.39 is 30.7 Å². The summed E-state index contributed by atoms with van der Waals surface area (Å²) in [6, 6.07) is 0. The Morgan fingerprint density at radius 3 is 2.53 bits per heavy atom. The fourth-order valence-electron chi connectivity index (χ4n) is 2.14. The predicted molar refractivity (Wildman–Crippen MR) is 71.6 cm³/mol. The molecule has 3 N–H and O–H groups in total. The van der Waals surface area contributed by atoms with Gasteiger partial charge in [0.2, 0.25) is 0 Å². The van der Waals surface area contributed by atoms with Crippen molar-refractivity contribution in [2.24, 2.45) is 0 Å². The Balaban J connectivity index is 2.36. The van der Waals surface area contributed by atoms with Gasteiger partial charge in [-0.05, 0) is 33.1 Å². The van der Waals surface area contributed by atoms with Crippen LogP contribution in [0.4, 0.5) is 0 Å². The summed E-state index contributed by atoms with van der Waals surface area (Å²) >= 11 is 0. The van der Waals surface area contributed by atoms with Crippen LogP contribution in [0.1, 0.15) is 39.5 Å². The van der Waals surface area contributed by atoms with Crippen LogP contribution in [0.5, 0.6) is 0 Å². The monoisotopic (exact) mass is 274 g/mol. The molecule has 0 aliphatic carbocycles. The zero-order valence-corrected chi connectivity index (χ0v) is 11.7. The van der Waals surface area contributed by atoms with Crippen LogP contribution in [0.25, 0.3) is 0 Å². The Morgan fingerprint density at radius 1 is 1.21 bits per heavy atom. The molecule has 1 heterocycles. The predicted octanol–water partition coefficient (Wildman–Crippen LogP) is 0.965. The maximum absolute atomic E-state index is 9.81. The molecule has 112 valence electrons. The SMILES string of the molecule is C=CCCCCC(C)O[C@@H]1O[C@@H](C)[C@H](O)[C@@H](O)[C@H]1O. The molecular weight excluding hydrogens is 248 g/mol. The fraction of sp³-hybridized carbons (Fsp3) is 0.857. The number of hydrogen-bond donors (Lipinski definition) is 3. The average molecular weight is 274 g/mol. The van der Waals surface area contributed by atoms with Gasteiger partial charge < -0.3 is 24.8 Å². The Labute approximate surface area is 114 Å². The van der Waals surface area contributed by atoms with Gasteiger partial charge in [-0.25, -0.2) is 0 Å². The number of allylic oxidation sites excluding steroid dienone is 1. The lowest BCUT2D eigenvalue weighted by Gasteiger charge is -2.39. The van der Waals surface area contributed by atoms with Crippen molar-refractivity contribution in [1.82, 2.24) is 0 Å². The largest absolute Gasteiger partial charge is 0.388 e. The molecule has 1 rings (SSSR count). The van der Waals surface area contributed by atoms with Gasteiger partial charge in [-0.3, -0.25) is 0 Å². The maximum Gasteiger partial charge on any atom is 0.186 e. The summed E-state index contributed by atoms with van der Waals surface area (Å²) in [5.41, 5.74) is 0. The van der Waals surface area contributed by atoms with Crippen molar-refractivity contribution in [3.63, 3.8) is 0 Å². The van der Waals surface area contributed by atoms with Crippen molar-refractivity contribution < 1.29 is 24.8 Å². The van der Waals surface area contributed by atoms with E-state index in [-0.39, 0.29) is 6.10 Å². The molecule has 6 atom stereocenters. The number of ether oxygens (including phenoxy) is 2. The Hall–Kier alpha value is -0.460. The molecule has 1 unspecified atom stereocenters. The molecule has 0 aromatic heterocycles. The van der Waals surface area contributed by atoms with E-state index in [4.69, 9.17) is 9.47 Å². The minimum absolute atomic E-state index is 0.0703. The molecule has 5 nitrogen and oxygen atoms in total. The van der Waals surface area contributed by atoms with Crippen LogP contribution in [0.2, 0.25) is 0 Å². The molecule has 1 fully saturated rings. The summed E-state index contributed by atoms with van der Waals surface area (Å²) in [5, 5.41) is 29.1. The number of hydrogen-bond acceptors (Lipinski definition) is 5. The van der Waals surface area contributed by atoms with Crippen molar-refractivity contribution in [2.75, 3.05) is 0 Å². The van der Waals surface area contributed by atoms with E-state index in [1.54, 1.807) is 6.92 Å². The van der Waals surface area contributed by atoms with E-state index in [0.717, 1.165) is 25.7 Å². The van der Waals surface area contributed by atoms with Crippen LogP contribution in [-0.2, 0) is 9.47 Å². The highest BCUT2D eigenvalue weighted by molar-refractivity contribution is 4.87. The summed E-state index contributed by atoms with van der Waals surface area (Å²) in [5.74, 6) is 0. The highest BCUT2D eigenvalue weighted by Gasteiger charge is 2.42. The second-order valence-electron chi connectivity index (χ2n) is 5.20. The van der Waals surface area contributed by atoms with Crippen molar-refractivity contribution in [1.29, 1.82) is 0 Å². The lowest BCUT2D eigenvalue weighted by Crippen LogP contribution is -2.57. The molecular formula is C14H26O5. The molecule has 1 saturated heterocycles. The Kier molecular flexibility index (Phi) is 6.96. The van der Waals surface area contributed by atoms with Gasteiger partial charge in [0.05, 0.1) is 12.2 Å². The smallest absolute Gasteiger partial charge is 0.186 e. The van der Waals surface area contributed by atoms with Crippen LogP contribution >= 0.6 is 0 Å². The van der Waals surface area contributed by atoms with Crippen molar-refractivity contribution in [2.45, 2.75) is 76.3 Å². The molecule has 1 aliphatic heterocycles. The van der Waals surface area contributed by atoms with Gasteiger partial charge in [0.15, 0.2) is 6.29 Å². The standard InChI is InChI=1S/C14H26O5/c1-4-5-6-7-8-9(2)18-14-13(17)12(16)11(15)10(3)19-14/h4,9-17H,1,5-8H2,2-3H3/t9?,10-,11-,12+,13+,14+/m0/s1. The number of aliphatic hydroxyl groups is 3. The minimum atomic E-state index is -1.23. The maximum atomic E-state index is 9.81.